The fourth-order valence-electron chi connectivity index (χ4n) is 3.07. The van der Waals surface area contributed by atoms with Gasteiger partial charge in [0.1, 0.15) is 11.6 Å². The Bertz CT molecular complexity index is 829. The maximum atomic E-state index is 9.27. The van der Waals surface area contributed by atoms with E-state index in [1.807, 2.05) is 34.9 Å². The number of methoxy groups -OCH3 is 1. The van der Waals surface area contributed by atoms with Crippen LogP contribution in [0.1, 0.15) is 6.42 Å². The van der Waals surface area contributed by atoms with Gasteiger partial charge in [-0.2, -0.15) is 4.98 Å². The van der Waals surface area contributed by atoms with Crippen LogP contribution < -0.4 is 9.64 Å². The van der Waals surface area contributed by atoms with E-state index < -0.39 is 0 Å². The number of hydrogen-bond acceptors (Lipinski definition) is 5. The molecule has 2 aromatic heterocycles. The Morgan fingerprint density at radius 3 is 3.00 bits per heavy atom. The molecule has 6 nitrogen and oxygen atoms in total. The van der Waals surface area contributed by atoms with Gasteiger partial charge in [-0.15, -0.1) is 0 Å². The van der Waals surface area contributed by atoms with Crippen LogP contribution in [0.3, 0.4) is 0 Å². The smallest absolute Gasteiger partial charge is 0.236 e. The van der Waals surface area contributed by atoms with Crippen molar-refractivity contribution >= 4 is 22.6 Å². The molecular formula is C16H18N4O2. The molecule has 3 aromatic rings. The summed E-state index contributed by atoms with van der Waals surface area (Å²) in [5.41, 5.74) is 1.89. The van der Waals surface area contributed by atoms with Crippen molar-refractivity contribution in [3.63, 3.8) is 0 Å². The number of imidazole rings is 1. The van der Waals surface area contributed by atoms with Gasteiger partial charge in [0.25, 0.3) is 0 Å². The predicted octanol–water partition coefficient (Wildman–Crippen LogP) is 1.71. The van der Waals surface area contributed by atoms with Gasteiger partial charge in [-0.3, -0.25) is 4.40 Å². The number of aromatic nitrogens is 3. The molecule has 1 unspecified atom stereocenters. The number of ether oxygens (including phenoxy) is 1. The van der Waals surface area contributed by atoms with Gasteiger partial charge in [-0.1, -0.05) is 0 Å². The molecule has 0 bridgehead atoms. The highest BCUT2D eigenvalue weighted by Gasteiger charge is 2.23. The second kappa shape index (κ2) is 5.14. The van der Waals surface area contributed by atoms with Crippen molar-refractivity contribution in [3.05, 3.63) is 30.5 Å². The van der Waals surface area contributed by atoms with Crippen LogP contribution in [0, 0.1) is 5.92 Å². The Morgan fingerprint density at radius 1 is 1.32 bits per heavy atom. The monoisotopic (exact) mass is 298 g/mol. The van der Waals surface area contributed by atoms with Gasteiger partial charge in [0, 0.05) is 37.9 Å². The number of hydrogen-bond donors (Lipinski definition) is 1. The Labute approximate surface area is 128 Å². The number of anilines is 1. The van der Waals surface area contributed by atoms with Crippen molar-refractivity contribution < 1.29 is 9.84 Å². The molecule has 22 heavy (non-hydrogen) atoms. The molecule has 1 aliphatic rings. The number of rotatable bonds is 3. The number of nitrogens with zero attached hydrogens (tertiary/aromatic N) is 4. The fraction of sp³-hybridized carbons (Fsp3) is 0.375. The molecule has 0 aliphatic carbocycles. The third-order valence-corrected chi connectivity index (χ3v) is 4.33. The van der Waals surface area contributed by atoms with E-state index in [1.54, 1.807) is 7.11 Å². The summed E-state index contributed by atoms with van der Waals surface area (Å²) in [4.78, 5) is 11.5. The summed E-state index contributed by atoms with van der Waals surface area (Å²) in [6.45, 7) is 2.03. The summed E-state index contributed by atoms with van der Waals surface area (Å²) in [5, 5.41) is 9.27. The maximum Gasteiger partial charge on any atom is 0.236 e. The van der Waals surface area contributed by atoms with E-state index in [0.717, 1.165) is 42.1 Å². The molecule has 1 aliphatic heterocycles. The zero-order valence-corrected chi connectivity index (χ0v) is 12.4. The standard InChI is InChI=1S/C16H18N4O2/c1-22-12-2-3-14-13(8-12)17-16-18-15(5-7-20(14)16)19-6-4-11(9-19)10-21/h2-3,5,7-8,11,21H,4,6,9-10H2,1H3. The van der Waals surface area contributed by atoms with E-state index in [-0.39, 0.29) is 6.61 Å². The number of aliphatic hydroxyl groups is 1. The lowest BCUT2D eigenvalue weighted by atomic mass is 10.1. The van der Waals surface area contributed by atoms with E-state index in [0.29, 0.717) is 11.7 Å². The quantitative estimate of drug-likeness (QED) is 0.797. The number of fused-ring (bicyclic) bond motifs is 3. The fourth-order valence-corrected chi connectivity index (χ4v) is 3.07. The zero-order valence-electron chi connectivity index (χ0n) is 12.4. The lowest BCUT2D eigenvalue weighted by molar-refractivity contribution is 0.238. The Hall–Kier alpha value is -2.34. The van der Waals surface area contributed by atoms with Crippen LogP contribution in [-0.2, 0) is 0 Å². The first-order valence-corrected chi connectivity index (χ1v) is 7.47. The number of aliphatic hydroxyl groups excluding tert-OH is 1. The van der Waals surface area contributed by atoms with Crippen molar-refractivity contribution in [2.45, 2.75) is 6.42 Å². The SMILES string of the molecule is COc1ccc2c(c1)nc1nc(N3CCC(CO)C3)ccn12. The van der Waals surface area contributed by atoms with Crippen molar-refractivity contribution in [1.29, 1.82) is 0 Å². The molecule has 0 saturated carbocycles. The van der Waals surface area contributed by atoms with E-state index in [4.69, 9.17) is 4.74 Å². The van der Waals surface area contributed by atoms with Crippen molar-refractivity contribution in [1.82, 2.24) is 14.4 Å². The Kier molecular flexibility index (Phi) is 3.11. The van der Waals surface area contributed by atoms with Crippen LogP contribution >= 0.6 is 0 Å². The van der Waals surface area contributed by atoms with Gasteiger partial charge < -0.3 is 14.7 Å². The molecular weight excluding hydrogens is 280 g/mol. The lowest BCUT2D eigenvalue weighted by Gasteiger charge is -2.16. The molecule has 1 atom stereocenters. The molecule has 1 fully saturated rings. The molecule has 0 radical (unpaired) electrons. The summed E-state index contributed by atoms with van der Waals surface area (Å²) in [6.07, 6.45) is 3.02. The average Bonchev–Trinajstić information content (AvgIpc) is 3.17. The minimum atomic E-state index is 0.242. The molecule has 0 amide bonds. The van der Waals surface area contributed by atoms with Crippen molar-refractivity contribution in [2.75, 3.05) is 31.7 Å². The summed E-state index contributed by atoms with van der Waals surface area (Å²) in [5.74, 6) is 2.75. The summed E-state index contributed by atoms with van der Waals surface area (Å²) < 4.78 is 7.23. The van der Waals surface area contributed by atoms with Crippen LogP contribution in [-0.4, -0.2) is 46.3 Å². The Balaban J connectivity index is 1.76. The second-order valence-corrected chi connectivity index (χ2v) is 5.71. The molecule has 4 rings (SSSR count). The van der Waals surface area contributed by atoms with Crippen LogP contribution in [0.25, 0.3) is 16.8 Å². The van der Waals surface area contributed by atoms with Gasteiger partial charge in [0.2, 0.25) is 5.78 Å². The molecule has 0 spiro atoms. The molecule has 1 N–H and O–H groups in total. The maximum absolute atomic E-state index is 9.27. The van der Waals surface area contributed by atoms with Crippen LogP contribution in [0.15, 0.2) is 30.5 Å². The minimum Gasteiger partial charge on any atom is -0.497 e. The first kappa shape index (κ1) is 13.3. The second-order valence-electron chi connectivity index (χ2n) is 5.71. The van der Waals surface area contributed by atoms with Gasteiger partial charge in [-0.25, -0.2) is 4.98 Å². The van der Waals surface area contributed by atoms with Gasteiger partial charge in [0.15, 0.2) is 0 Å². The zero-order chi connectivity index (χ0) is 15.1. The van der Waals surface area contributed by atoms with Crippen molar-refractivity contribution in [3.8, 4) is 5.75 Å². The van der Waals surface area contributed by atoms with Crippen LogP contribution in [0.5, 0.6) is 5.75 Å². The molecule has 6 heteroatoms. The largest absolute Gasteiger partial charge is 0.497 e. The van der Waals surface area contributed by atoms with E-state index in [2.05, 4.69) is 14.9 Å². The Morgan fingerprint density at radius 2 is 2.23 bits per heavy atom. The van der Waals surface area contributed by atoms with Crippen molar-refractivity contribution in [2.24, 2.45) is 5.92 Å². The number of benzene rings is 1. The van der Waals surface area contributed by atoms with E-state index in [1.165, 1.54) is 0 Å². The van der Waals surface area contributed by atoms with Gasteiger partial charge in [0.05, 0.1) is 18.1 Å². The highest BCUT2D eigenvalue weighted by atomic mass is 16.5. The molecule has 114 valence electrons. The summed E-state index contributed by atoms with van der Waals surface area (Å²) in [7, 11) is 1.65. The lowest BCUT2D eigenvalue weighted by Crippen LogP contribution is -2.21. The molecule has 3 heterocycles. The predicted molar refractivity (Wildman–Crippen MR) is 84.5 cm³/mol. The highest BCUT2D eigenvalue weighted by Crippen LogP contribution is 2.25. The molecule has 1 aromatic carbocycles. The van der Waals surface area contributed by atoms with Crippen LogP contribution in [0.2, 0.25) is 0 Å². The first-order chi connectivity index (χ1) is 10.8. The van der Waals surface area contributed by atoms with E-state index >= 15 is 0 Å². The first-order valence-electron chi connectivity index (χ1n) is 7.47. The summed E-state index contributed by atoms with van der Waals surface area (Å²) in [6, 6.07) is 7.85. The van der Waals surface area contributed by atoms with Crippen LogP contribution in [0.4, 0.5) is 5.82 Å². The topological polar surface area (TPSA) is 62.9 Å². The minimum absolute atomic E-state index is 0.242. The third-order valence-electron chi connectivity index (χ3n) is 4.33. The summed E-state index contributed by atoms with van der Waals surface area (Å²) >= 11 is 0. The third kappa shape index (κ3) is 2.07. The van der Waals surface area contributed by atoms with Gasteiger partial charge in [-0.05, 0) is 24.6 Å². The normalized spacial score (nSPS) is 18.5. The van der Waals surface area contributed by atoms with Gasteiger partial charge >= 0.3 is 0 Å². The average molecular weight is 298 g/mol. The highest BCUT2D eigenvalue weighted by molar-refractivity contribution is 5.81. The molecule has 1 saturated heterocycles. The van der Waals surface area contributed by atoms with E-state index in [9.17, 15) is 5.11 Å².